The van der Waals surface area contributed by atoms with E-state index in [0.717, 1.165) is 44.6 Å². The molecule has 1 atom stereocenters. The first kappa shape index (κ1) is 15.0. The lowest BCUT2D eigenvalue weighted by Gasteiger charge is -2.25. The number of hydrogen-bond acceptors (Lipinski definition) is 3. The number of aromatic nitrogens is 1. The second-order valence-electron chi connectivity index (χ2n) is 5.56. The molecule has 4 nitrogen and oxygen atoms in total. The number of rotatable bonds is 6. The molecule has 0 aliphatic carbocycles. The molecule has 1 unspecified atom stereocenters. The van der Waals surface area contributed by atoms with Crippen molar-refractivity contribution in [1.82, 2.24) is 15.2 Å². The highest BCUT2D eigenvalue weighted by atomic mass is 16.2. The van der Waals surface area contributed by atoms with Crippen LogP contribution in [0.5, 0.6) is 0 Å². The molecule has 1 fully saturated rings. The van der Waals surface area contributed by atoms with E-state index in [-0.39, 0.29) is 5.91 Å². The van der Waals surface area contributed by atoms with Crippen molar-refractivity contribution in [1.29, 1.82) is 0 Å². The van der Waals surface area contributed by atoms with E-state index in [1.54, 1.807) is 0 Å². The molecule has 1 amide bonds. The van der Waals surface area contributed by atoms with Gasteiger partial charge in [-0.25, -0.2) is 4.98 Å². The fraction of sp³-hybridized carbons (Fsp3) is 0.625. The largest absolute Gasteiger partial charge is 0.336 e. The highest BCUT2D eigenvalue weighted by Crippen LogP contribution is 2.11. The second kappa shape index (κ2) is 7.39. The van der Waals surface area contributed by atoms with Crippen molar-refractivity contribution in [3.05, 3.63) is 29.6 Å². The Hall–Kier alpha value is -1.42. The van der Waals surface area contributed by atoms with E-state index < -0.39 is 0 Å². The number of nitrogens with one attached hydrogen (secondary N) is 1. The maximum absolute atomic E-state index is 12.6. The third-order valence-corrected chi connectivity index (χ3v) is 3.78. The number of carbonyl (C=O) groups excluding carboxylic acids is 1. The van der Waals surface area contributed by atoms with E-state index in [1.165, 1.54) is 6.42 Å². The minimum absolute atomic E-state index is 0.0656. The zero-order chi connectivity index (χ0) is 14.4. The second-order valence-corrected chi connectivity index (χ2v) is 5.56. The highest BCUT2D eigenvalue weighted by molar-refractivity contribution is 5.92. The summed E-state index contributed by atoms with van der Waals surface area (Å²) in [7, 11) is 0. The minimum Gasteiger partial charge on any atom is -0.336 e. The van der Waals surface area contributed by atoms with Crippen LogP contribution in [-0.4, -0.2) is 41.5 Å². The quantitative estimate of drug-likeness (QED) is 0.867. The molecule has 2 heterocycles. The van der Waals surface area contributed by atoms with Gasteiger partial charge in [0, 0.05) is 24.8 Å². The van der Waals surface area contributed by atoms with Gasteiger partial charge in [0.15, 0.2) is 0 Å². The van der Waals surface area contributed by atoms with Crippen LogP contribution in [-0.2, 0) is 0 Å². The number of aryl methyl sites for hydroxylation is 1. The van der Waals surface area contributed by atoms with Gasteiger partial charge in [-0.3, -0.25) is 4.79 Å². The lowest BCUT2D eigenvalue weighted by molar-refractivity contribution is 0.0733. The number of carbonyl (C=O) groups is 1. The normalized spacial score (nSPS) is 18.2. The van der Waals surface area contributed by atoms with Gasteiger partial charge in [-0.05, 0) is 44.9 Å². The zero-order valence-electron chi connectivity index (χ0n) is 12.6. The molecule has 1 saturated heterocycles. The third kappa shape index (κ3) is 4.04. The van der Waals surface area contributed by atoms with E-state index in [2.05, 4.69) is 17.2 Å². The van der Waals surface area contributed by atoms with Crippen molar-refractivity contribution in [2.45, 2.75) is 45.6 Å². The van der Waals surface area contributed by atoms with Crippen LogP contribution in [0, 0.1) is 6.92 Å². The fourth-order valence-corrected chi connectivity index (χ4v) is 2.63. The van der Waals surface area contributed by atoms with E-state index in [4.69, 9.17) is 0 Å². The Bertz CT molecular complexity index is 441. The lowest BCUT2D eigenvalue weighted by atomic mass is 10.2. The molecule has 0 radical (unpaired) electrons. The average Bonchev–Trinajstić information content (AvgIpc) is 2.95. The molecule has 1 N–H and O–H groups in total. The monoisotopic (exact) mass is 275 g/mol. The molecule has 0 saturated carbocycles. The predicted octanol–water partition coefficient (Wildman–Crippen LogP) is 2.38. The Morgan fingerprint density at radius 1 is 1.50 bits per heavy atom. The summed E-state index contributed by atoms with van der Waals surface area (Å²) >= 11 is 0. The van der Waals surface area contributed by atoms with Crippen molar-refractivity contribution in [2.75, 3.05) is 19.6 Å². The fourth-order valence-electron chi connectivity index (χ4n) is 2.63. The summed E-state index contributed by atoms with van der Waals surface area (Å²) in [5.41, 5.74) is 1.46. The van der Waals surface area contributed by atoms with Gasteiger partial charge < -0.3 is 10.2 Å². The summed E-state index contributed by atoms with van der Waals surface area (Å²) in [6, 6.07) is 6.09. The van der Waals surface area contributed by atoms with Gasteiger partial charge in [0.2, 0.25) is 0 Å². The minimum atomic E-state index is 0.0656. The SMILES string of the molecule is CCCCN(CC1CCCN1)C(=O)c1cccc(C)n1. The van der Waals surface area contributed by atoms with Crippen molar-refractivity contribution in [3.8, 4) is 0 Å². The van der Waals surface area contributed by atoms with Crippen molar-refractivity contribution in [2.24, 2.45) is 0 Å². The molecule has 1 aromatic rings. The molecule has 1 aromatic heterocycles. The van der Waals surface area contributed by atoms with E-state index in [1.807, 2.05) is 30.0 Å². The number of unbranched alkanes of at least 4 members (excludes halogenated alkanes) is 1. The van der Waals surface area contributed by atoms with Gasteiger partial charge in [-0.2, -0.15) is 0 Å². The van der Waals surface area contributed by atoms with Crippen molar-refractivity contribution < 1.29 is 4.79 Å². The van der Waals surface area contributed by atoms with Gasteiger partial charge >= 0.3 is 0 Å². The van der Waals surface area contributed by atoms with Gasteiger partial charge in [-0.1, -0.05) is 19.4 Å². The summed E-state index contributed by atoms with van der Waals surface area (Å²) in [6.07, 6.45) is 4.52. The molecule has 1 aliphatic heterocycles. The van der Waals surface area contributed by atoms with Gasteiger partial charge in [-0.15, -0.1) is 0 Å². The summed E-state index contributed by atoms with van der Waals surface area (Å²) < 4.78 is 0. The van der Waals surface area contributed by atoms with Gasteiger partial charge in [0.1, 0.15) is 5.69 Å². The topological polar surface area (TPSA) is 45.2 Å². The molecule has 0 bridgehead atoms. The number of pyridine rings is 1. The number of hydrogen-bond donors (Lipinski definition) is 1. The highest BCUT2D eigenvalue weighted by Gasteiger charge is 2.22. The Morgan fingerprint density at radius 3 is 3.00 bits per heavy atom. The smallest absolute Gasteiger partial charge is 0.272 e. The van der Waals surface area contributed by atoms with Crippen LogP contribution < -0.4 is 5.32 Å². The van der Waals surface area contributed by atoms with Gasteiger partial charge in [0.25, 0.3) is 5.91 Å². The molecular formula is C16H25N3O. The summed E-state index contributed by atoms with van der Waals surface area (Å²) in [6.45, 7) is 6.77. The lowest BCUT2D eigenvalue weighted by Crippen LogP contribution is -2.42. The maximum atomic E-state index is 12.6. The predicted molar refractivity (Wildman–Crippen MR) is 80.8 cm³/mol. The van der Waals surface area contributed by atoms with Crippen LogP contribution in [0.4, 0.5) is 0 Å². The molecule has 1 aliphatic rings. The molecule has 20 heavy (non-hydrogen) atoms. The van der Waals surface area contributed by atoms with Crippen LogP contribution in [0.25, 0.3) is 0 Å². The van der Waals surface area contributed by atoms with Crippen LogP contribution in [0.1, 0.15) is 48.8 Å². The van der Waals surface area contributed by atoms with E-state index in [9.17, 15) is 4.79 Å². The Labute approximate surface area is 121 Å². The van der Waals surface area contributed by atoms with Crippen LogP contribution in [0.15, 0.2) is 18.2 Å². The summed E-state index contributed by atoms with van der Waals surface area (Å²) in [5.74, 6) is 0.0656. The molecule has 0 aromatic carbocycles. The molecule has 2 rings (SSSR count). The summed E-state index contributed by atoms with van der Waals surface area (Å²) in [5, 5.41) is 3.47. The standard InChI is InChI=1S/C16H25N3O/c1-3-4-11-19(12-14-8-6-10-17-14)16(20)15-9-5-7-13(2)18-15/h5,7,9,14,17H,3-4,6,8,10-12H2,1-2H3. The Balaban J connectivity index is 2.05. The maximum Gasteiger partial charge on any atom is 0.272 e. The zero-order valence-corrected chi connectivity index (χ0v) is 12.6. The molecule has 0 spiro atoms. The number of amides is 1. The Kier molecular flexibility index (Phi) is 5.53. The van der Waals surface area contributed by atoms with E-state index >= 15 is 0 Å². The van der Waals surface area contributed by atoms with Crippen LogP contribution >= 0.6 is 0 Å². The van der Waals surface area contributed by atoms with Gasteiger partial charge in [0.05, 0.1) is 0 Å². The first-order valence-corrected chi connectivity index (χ1v) is 7.67. The van der Waals surface area contributed by atoms with E-state index in [0.29, 0.717) is 11.7 Å². The van der Waals surface area contributed by atoms with Crippen molar-refractivity contribution in [3.63, 3.8) is 0 Å². The first-order valence-electron chi connectivity index (χ1n) is 7.67. The van der Waals surface area contributed by atoms with Crippen LogP contribution in [0.3, 0.4) is 0 Å². The Morgan fingerprint density at radius 2 is 2.35 bits per heavy atom. The summed E-state index contributed by atoms with van der Waals surface area (Å²) in [4.78, 5) is 19.0. The molecule has 4 heteroatoms. The molecular weight excluding hydrogens is 250 g/mol. The first-order chi connectivity index (χ1) is 9.70. The third-order valence-electron chi connectivity index (χ3n) is 3.78. The van der Waals surface area contributed by atoms with Crippen molar-refractivity contribution >= 4 is 5.91 Å². The molecule has 110 valence electrons. The average molecular weight is 275 g/mol. The number of nitrogens with zero attached hydrogens (tertiary/aromatic N) is 2. The van der Waals surface area contributed by atoms with Crippen LogP contribution in [0.2, 0.25) is 0 Å².